The van der Waals surface area contributed by atoms with Gasteiger partial charge in [0.2, 0.25) is 5.91 Å². The Morgan fingerprint density at radius 2 is 2.12 bits per heavy atom. The molecule has 1 N–H and O–H groups in total. The van der Waals surface area contributed by atoms with E-state index in [1.807, 2.05) is 11.9 Å². The molecular weight excluding hydrogens is 216 g/mol. The number of nitrogens with one attached hydrogen (secondary N) is 1. The second-order valence-corrected chi connectivity index (χ2v) is 5.60. The number of rotatable bonds is 2. The van der Waals surface area contributed by atoms with E-state index in [4.69, 9.17) is 4.74 Å². The van der Waals surface area contributed by atoms with Crippen molar-refractivity contribution in [1.29, 1.82) is 0 Å². The first-order valence-corrected chi connectivity index (χ1v) is 6.69. The van der Waals surface area contributed by atoms with Gasteiger partial charge in [0.15, 0.2) is 0 Å². The van der Waals surface area contributed by atoms with Gasteiger partial charge in [-0.1, -0.05) is 0 Å². The number of carbonyl (C=O) groups is 1. The normalized spacial score (nSPS) is 31.2. The minimum Gasteiger partial charge on any atom is -0.381 e. The average Bonchev–Trinajstić information content (AvgIpc) is 2.39. The number of hydrogen-bond donors (Lipinski definition) is 1. The van der Waals surface area contributed by atoms with Crippen molar-refractivity contribution in [3.8, 4) is 0 Å². The van der Waals surface area contributed by atoms with Crippen LogP contribution in [0.15, 0.2) is 0 Å². The number of hydrogen-bond acceptors (Lipinski definition) is 3. The monoisotopic (exact) mass is 240 g/mol. The van der Waals surface area contributed by atoms with Crippen LogP contribution in [-0.4, -0.2) is 50.2 Å². The van der Waals surface area contributed by atoms with Crippen LogP contribution >= 0.6 is 0 Å². The quantitative estimate of drug-likeness (QED) is 0.783. The van der Waals surface area contributed by atoms with Gasteiger partial charge in [-0.25, -0.2) is 0 Å². The lowest BCUT2D eigenvalue weighted by Gasteiger charge is -2.40. The summed E-state index contributed by atoms with van der Waals surface area (Å²) < 4.78 is 5.35. The lowest BCUT2D eigenvalue weighted by molar-refractivity contribution is -0.144. The molecule has 0 aromatic rings. The number of ether oxygens (including phenoxy) is 1. The maximum Gasteiger partial charge on any atom is 0.229 e. The molecule has 2 rings (SSSR count). The SMILES string of the molecule is CN(C(=O)C1(C)CCCNC1)C1CCOCC1. The fourth-order valence-electron chi connectivity index (χ4n) is 2.90. The fourth-order valence-corrected chi connectivity index (χ4v) is 2.90. The molecule has 0 radical (unpaired) electrons. The van der Waals surface area contributed by atoms with E-state index in [0.717, 1.165) is 52.0 Å². The average molecular weight is 240 g/mol. The zero-order valence-electron chi connectivity index (χ0n) is 11.0. The molecule has 0 aromatic carbocycles. The van der Waals surface area contributed by atoms with Gasteiger partial charge >= 0.3 is 0 Å². The molecule has 2 aliphatic rings. The van der Waals surface area contributed by atoms with Gasteiger partial charge in [-0.05, 0) is 39.2 Å². The molecular formula is C13H24N2O2. The van der Waals surface area contributed by atoms with E-state index in [0.29, 0.717) is 11.9 Å². The van der Waals surface area contributed by atoms with Crippen molar-refractivity contribution in [3.05, 3.63) is 0 Å². The van der Waals surface area contributed by atoms with Crippen LogP contribution in [0.4, 0.5) is 0 Å². The third-order valence-corrected chi connectivity index (χ3v) is 4.17. The zero-order valence-corrected chi connectivity index (χ0v) is 11.0. The predicted molar refractivity (Wildman–Crippen MR) is 66.8 cm³/mol. The van der Waals surface area contributed by atoms with Gasteiger partial charge in [0.1, 0.15) is 0 Å². The Balaban J connectivity index is 1.97. The number of carbonyl (C=O) groups excluding carboxylic acids is 1. The first kappa shape index (κ1) is 12.8. The Kier molecular flexibility index (Phi) is 4.05. The van der Waals surface area contributed by atoms with Gasteiger partial charge in [0, 0.05) is 32.8 Å². The molecule has 0 aliphatic carbocycles. The van der Waals surface area contributed by atoms with E-state index in [9.17, 15) is 4.79 Å². The van der Waals surface area contributed by atoms with Gasteiger partial charge in [-0.2, -0.15) is 0 Å². The van der Waals surface area contributed by atoms with Gasteiger partial charge < -0.3 is 15.0 Å². The molecule has 4 heteroatoms. The molecule has 1 amide bonds. The summed E-state index contributed by atoms with van der Waals surface area (Å²) >= 11 is 0. The Morgan fingerprint density at radius 3 is 2.71 bits per heavy atom. The molecule has 1 unspecified atom stereocenters. The van der Waals surface area contributed by atoms with Crippen molar-refractivity contribution in [3.63, 3.8) is 0 Å². The van der Waals surface area contributed by atoms with Crippen molar-refractivity contribution in [2.45, 2.75) is 38.6 Å². The lowest BCUT2D eigenvalue weighted by Crippen LogP contribution is -2.52. The first-order valence-electron chi connectivity index (χ1n) is 6.69. The molecule has 2 aliphatic heterocycles. The first-order chi connectivity index (χ1) is 8.13. The van der Waals surface area contributed by atoms with E-state index in [1.54, 1.807) is 0 Å². The van der Waals surface area contributed by atoms with Crippen molar-refractivity contribution >= 4 is 5.91 Å². The zero-order chi connectivity index (χ0) is 12.3. The molecule has 2 heterocycles. The summed E-state index contributed by atoms with van der Waals surface area (Å²) in [5, 5.41) is 3.34. The van der Waals surface area contributed by atoms with Crippen molar-refractivity contribution in [2.24, 2.45) is 5.41 Å². The summed E-state index contributed by atoms with van der Waals surface area (Å²) in [5.41, 5.74) is -0.203. The number of nitrogens with zero attached hydrogens (tertiary/aromatic N) is 1. The highest BCUT2D eigenvalue weighted by Crippen LogP contribution is 2.29. The van der Waals surface area contributed by atoms with Crippen molar-refractivity contribution in [2.75, 3.05) is 33.4 Å². The summed E-state index contributed by atoms with van der Waals surface area (Å²) in [6.07, 6.45) is 4.06. The Labute approximate surface area is 104 Å². The molecule has 0 spiro atoms. The fraction of sp³-hybridized carbons (Fsp3) is 0.923. The van der Waals surface area contributed by atoms with Crippen LogP contribution in [0.2, 0.25) is 0 Å². The molecule has 2 fully saturated rings. The minimum atomic E-state index is -0.203. The summed E-state index contributed by atoms with van der Waals surface area (Å²) in [4.78, 5) is 14.5. The van der Waals surface area contributed by atoms with Gasteiger partial charge in [0.05, 0.1) is 5.41 Å². The topological polar surface area (TPSA) is 41.6 Å². The van der Waals surface area contributed by atoms with Gasteiger partial charge in [-0.15, -0.1) is 0 Å². The maximum absolute atomic E-state index is 12.6. The van der Waals surface area contributed by atoms with Crippen LogP contribution in [0.3, 0.4) is 0 Å². The smallest absolute Gasteiger partial charge is 0.229 e. The largest absolute Gasteiger partial charge is 0.381 e. The van der Waals surface area contributed by atoms with E-state index in [2.05, 4.69) is 12.2 Å². The molecule has 1 atom stereocenters. The van der Waals surface area contributed by atoms with Crippen LogP contribution in [0, 0.1) is 5.41 Å². The third-order valence-electron chi connectivity index (χ3n) is 4.17. The molecule has 0 saturated carbocycles. The maximum atomic E-state index is 12.6. The summed E-state index contributed by atoms with van der Waals surface area (Å²) in [6.45, 7) is 5.54. The molecule has 4 nitrogen and oxygen atoms in total. The van der Waals surface area contributed by atoms with E-state index < -0.39 is 0 Å². The lowest BCUT2D eigenvalue weighted by atomic mass is 9.81. The molecule has 0 bridgehead atoms. The van der Waals surface area contributed by atoms with Crippen LogP contribution < -0.4 is 5.32 Å². The van der Waals surface area contributed by atoms with Crippen LogP contribution in [-0.2, 0) is 9.53 Å². The summed E-state index contributed by atoms with van der Waals surface area (Å²) in [5.74, 6) is 0.302. The highest BCUT2D eigenvalue weighted by Gasteiger charge is 2.38. The minimum absolute atomic E-state index is 0.203. The molecule has 0 aromatic heterocycles. The van der Waals surface area contributed by atoms with Crippen LogP contribution in [0.5, 0.6) is 0 Å². The highest BCUT2D eigenvalue weighted by molar-refractivity contribution is 5.82. The molecule has 2 saturated heterocycles. The second-order valence-electron chi connectivity index (χ2n) is 5.60. The highest BCUT2D eigenvalue weighted by atomic mass is 16.5. The van der Waals surface area contributed by atoms with E-state index in [1.165, 1.54) is 0 Å². The Bertz CT molecular complexity index is 269. The summed E-state index contributed by atoms with van der Waals surface area (Å²) in [7, 11) is 1.96. The third kappa shape index (κ3) is 2.80. The number of piperidine rings is 1. The van der Waals surface area contributed by atoms with Gasteiger partial charge in [0.25, 0.3) is 0 Å². The molecule has 17 heavy (non-hydrogen) atoms. The van der Waals surface area contributed by atoms with Crippen LogP contribution in [0.25, 0.3) is 0 Å². The van der Waals surface area contributed by atoms with E-state index in [-0.39, 0.29) is 5.41 Å². The van der Waals surface area contributed by atoms with Crippen LogP contribution in [0.1, 0.15) is 32.6 Å². The standard InChI is InChI=1S/C13H24N2O2/c1-13(6-3-7-14-10-13)12(16)15(2)11-4-8-17-9-5-11/h11,14H,3-10H2,1-2H3. The Hall–Kier alpha value is -0.610. The van der Waals surface area contributed by atoms with Crippen molar-refractivity contribution < 1.29 is 9.53 Å². The predicted octanol–water partition coefficient (Wildman–Crippen LogP) is 1.01. The van der Waals surface area contributed by atoms with Crippen molar-refractivity contribution in [1.82, 2.24) is 10.2 Å². The summed E-state index contributed by atoms with van der Waals surface area (Å²) in [6, 6.07) is 0.370. The van der Waals surface area contributed by atoms with Gasteiger partial charge in [-0.3, -0.25) is 4.79 Å². The van der Waals surface area contributed by atoms with E-state index >= 15 is 0 Å². The molecule has 98 valence electrons. The second kappa shape index (κ2) is 5.36. The number of amides is 1. The Morgan fingerprint density at radius 1 is 1.41 bits per heavy atom.